The molecule has 1 fully saturated rings. The molecule has 1 aliphatic heterocycles. The van der Waals surface area contributed by atoms with E-state index in [1.165, 1.54) is 4.88 Å². The fourth-order valence-electron chi connectivity index (χ4n) is 1.75. The Morgan fingerprint density at radius 1 is 1.67 bits per heavy atom. The molecule has 3 nitrogen and oxygen atoms in total. The third kappa shape index (κ3) is 2.59. The standard InChI is InChI=1S/C10H13BrN2OS/c11-7-4-8(15-6-7)5-13-3-1-2-9(12)10(13)14/h4,6,9H,1-3,5,12H2. The van der Waals surface area contributed by atoms with E-state index in [4.69, 9.17) is 5.73 Å². The molecule has 1 atom stereocenters. The lowest BCUT2D eigenvalue weighted by atomic mass is 10.1. The second-order valence-corrected chi connectivity index (χ2v) is 5.65. The number of hydrogen-bond acceptors (Lipinski definition) is 3. The number of amides is 1. The minimum absolute atomic E-state index is 0.0887. The fourth-order valence-corrected chi connectivity index (χ4v) is 3.22. The zero-order valence-corrected chi connectivity index (χ0v) is 10.7. The molecule has 1 aromatic heterocycles. The van der Waals surface area contributed by atoms with Crippen LogP contribution in [0.15, 0.2) is 15.9 Å². The van der Waals surface area contributed by atoms with E-state index in [-0.39, 0.29) is 11.9 Å². The zero-order chi connectivity index (χ0) is 10.8. The first-order valence-corrected chi connectivity index (χ1v) is 6.61. The fraction of sp³-hybridized carbons (Fsp3) is 0.500. The number of likely N-dealkylation sites (tertiary alicyclic amines) is 1. The Morgan fingerprint density at radius 3 is 3.13 bits per heavy atom. The Balaban J connectivity index is 2.02. The summed E-state index contributed by atoms with van der Waals surface area (Å²) in [5.41, 5.74) is 5.73. The van der Waals surface area contributed by atoms with Gasteiger partial charge in [-0.2, -0.15) is 0 Å². The number of thiophene rings is 1. The maximum absolute atomic E-state index is 11.7. The Kier molecular flexibility index (Phi) is 3.43. The summed E-state index contributed by atoms with van der Waals surface area (Å²) in [5, 5.41) is 2.03. The number of nitrogens with zero attached hydrogens (tertiary/aromatic N) is 1. The van der Waals surface area contributed by atoms with E-state index >= 15 is 0 Å². The van der Waals surface area contributed by atoms with Gasteiger partial charge in [-0.15, -0.1) is 11.3 Å². The molecule has 5 heteroatoms. The van der Waals surface area contributed by atoms with Gasteiger partial charge >= 0.3 is 0 Å². The van der Waals surface area contributed by atoms with Gasteiger partial charge in [-0.1, -0.05) is 0 Å². The number of hydrogen-bond donors (Lipinski definition) is 1. The minimum atomic E-state index is -0.290. The molecule has 0 spiro atoms. The van der Waals surface area contributed by atoms with Crippen LogP contribution in [-0.2, 0) is 11.3 Å². The topological polar surface area (TPSA) is 46.3 Å². The third-order valence-corrected chi connectivity index (χ3v) is 4.22. The van der Waals surface area contributed by atoms with Gasteiger partial charge in [0, 0.05) is 21.3 Å². The summed E-state index contributed by atoms with van der Waals surface area (Å²) in [5.74, 6) is 0.0887. The lowest BCUT2D eigenvalue weighted by Crippen LogP contribution is -2.47. The highest BCUT2D eigenvalue weighted by Crippen LogP contribution is 2.22. The first-order valence-electron chi connectivity index (χ1n) is 4.94. The molecule has 0 aromatic carbocycles. The monoisotopic (exact) mass is 288 g/mol. The Bertz CT molecular complexity index is 366. The first-order chi connectivity index (χ1) is 7.16. The highest BCUT2D eigenvalue weighted by Gasteiger charge is 2.25. The van der Waals surface area contributed by atoms with Crippen LogP contribution in [-0.4, -0.2) is 23.4 Å². The van der Waals surface area contributed by atoms with Gasteiger partial charge in [-0.3, -0.25) is 4.79 Å². The number of halogens is 1. The summed E-state index contributed by atoms with van der Waals surface area (Å²) < 4.78 is 1.08. The molecular formula is C10H13BrN2OS. The second kappa shape index (κ2) is 4.63. The molecule has 2 N–H and O–H groups in total. The van der Waals surface area contributed by atoms with E-state index in [1.54, 1.807) is 11.3 Å². The molecule has 82 valence electrons. The summed E-state index contributed by atoms with van der Waals surface area (Å²) in [7, 11) is 0. The number of piperidine rings is 1. The molecule has 2 heterocycles. The van der Waals surface area contributed by atoms with Gasteiger partial charge < -0.3 is 10.6 Å². The van der Waals surface area contributed by atoms with Crippen LogP contribution in [0.4, 0.5) is 0 Å². The van der Waals surface area contributed by atoms with Crippen molar-refractivity contribution in [2.45, 2.75) is 25.4 Å². The summed E-state index contributed by atoms with van der Waals surface area (Å²) >= 11 is 5.07. The Hall–Kier alpha value is -0.390. The SMILES string of the molecule is NC1CCCN(Cc2cc(Br)cs2)C1=O. The van der Waals surface area contributed by atoms with Crippen molar-refractivity contribution in [3.05, 3.63) is 20.8 Å². The normalized spacial score (nSPS) is 22.1. The highest BCUT2D eigenvalue weighted by atomic mass is 79.9. The van der Waals surface area contributed by atoms with Gasteiger partial charge in [-0.25, -0.2) is 0 Å². The predicted molar refractivity (Wildman–Crippen MR) is 64.6 cm³/mol. The van der Waals surface area contributed by atoms with Crippen molar-refractivity contribution in [3.63, 3.8) is 0 Å². The minimum Gasteiger partial charge on any atom is -0.336 e. The van der Waals surface area contributed by atoms with Gasteiger partial charge in [-0.05, 0) is 34.8 Å². The van der Waals surface area contributed by atoms with Crippen molar-refractivity contribution >= 4 is 33.2 Å². The molecule has 1 amide bonds. The molecule has 1 aliphatic rings. The van der Waals surface area contributed by atoms with Crippen LogP contribution in [0.1, 0.15) is 17.7 Å². The van der Waals surface area contributed by atoms with Crippen LogP contribution in [0.3, 0.4) is 0 Å². The van der Waals surface area contributed by atoms with E-state index in [0.29, 0.717) is 6.54 Å². The molecular weight excluding hydrogens is 276 g/mol. The molecule has 0 radical (unpaired) electrons. The van der Waals surface area contributed by atoms with Crippen LogP contribution in [0.5, 0.6) is 0 Å². The van der Waals surface area contributed by atoms with E-state index < -0.39 is 0 Å². The quantitative estimate of drug-likeness (QED) is 0.904. The largest absolute Gasteiger partial charge is 0.336 e. The number of carbonyl (C=O) groups is 1. The summed E-state index contributed by atoms with van der Waals surface area (Å²) in [6.45, 7) is 1.53. The van der Waals surface area contributed by atoms with Gasteiger partial charge in [0.2, 0.25) is 5.91 Å². The Labute approximate surface area is 101 Å². The summed E-state index contributed by atoms with van der Waals surface area (Å²) in [6, 6.07) is 1.76. The maximum atomic E-state index is 11.7. The first kappa shape index (κ1) is 11.1. The number of rotatable bonds is 2. The molecule has 1 aromatic rings. The molecule has 2 rings (SSSR count). The number of nitrogens with two attached hydrogens (primary N) is 1. The van der Waals surface area contributed by atoms with E-state index in [2.05, 4.69) is 22.0 Å². The van der Waals surface area contributed by atoms with Crippen LogP contribution in [0.25, 0.3) is 0 Å². The maximum Gasteiger partial charge on any atom is 0.239 e. The lowest BCUT2D eigenvalue weighted by molar-refractivity contribution is -0.135. The van der Waals surface area contributed by atoms with Crippen molar-refractivity contribution in [1.82, 2.24) is 4.90 Å². The average molecular weight is 289 g/mol. The van der Waals surface area contributed by atoms with Crippen molar-refractivity contribution in [2.24, 2.45) is 5.73 Å². The zero-order valence-electron chi connectivity index (χ0n) is 8.28. The molecule has 1 saturated heterocycles. The van der Waals surface area contributed by atoms with E-state index in [0.717, 1.165) is 23.9 Å². The Morgan fingerprint density at radius 2 is 2.47 bits per heavy atom. The van der Waals surface area contributed by atoms with Crippen molar-refractivity contribution in [1.29, 1.82) is 0 Å². The molecule has 15 heavy (non-hydrogen) atoms. The molecule has 0 aliphatic carbocycles. The van der Waals surface area contributed by atoms with Crippen LogP contribution in [0.2, 0.25) is 0 Å². The molecule has 0 saturated carbocycles. The van der Waals surface area contributed by atoms with Crippen LogP contribution < -0.4 is 5.73 Å². The second-order valence-electron chi connectivity index (χ2n) is 3.74. The van der Waals surface area contributed by atoms with Gasteiger partial charge in [0.25, 0.3) is 0 Å². The highest BCUT2D eigenvalue weighted by molar-refractivity contribution is 9.10. The molecule has 1 unspecified atom stereocenters. The van der Waals surface area contributed by atoms with E-state index in [9.17, 15) is 4.79 Å². The molecule has 0 bridgehead atoms. The summed E-state index contributed by atoms with van der Waals surface area (Å²) in [6.07, 6.45) is 1.84. The predicted octanol–water partition coefficient (Wildman–Crippen LogP) is 1.96. The van der Waals surface area contributed by atoms with Crippen LogP contribution in [0, 0.1) is 0 Å². The average Bonchev–Trinajstić information content (AvgIpc) is 2.59. The van der Waals surface area contributed by atoms with Gasteiger partial charge in [0.1, 0.15) is 0 Å². The van der Waals surface area contributed by atoms with Crippen LogP contribution >= 0.6 is 27.3 Å². The van der Waals surface area contributed by atoms with Crippen molar-refractivity contribution < 1.29 is 4.79 Å². The lowest BCUT2D eigenvalue weighted by Gasteiger charge is -2.29. The van der Waals surface area contributed by atoms with Gasteiger partial charge in [0.05, 0.1) is 12.6 Å². The van der Waals surface area contributed by atoms with Crippen molar-refractivity contribution in [3.8, 4) is 0 Å². The summed E-state index contributed by atoms with van der Waals surface area (Å²) in [4.78, 5) is 14.8. The van der Waals surface area contributed by atoms with E-state index in [1.807, 2.05) is 10.3 Å². The third-order valence-electron chi connectivity index (χ3n) is 2.54. The smallest absolute Gasteiger partial charge is 0.239 e. The number of carbonyl (C=O) groups excluding carboxylic acids is 1. The van der Waals surface area contributed by atoms with Crippen molar-refractivity contribution in [2.75, 3.05) is 6.54 Å². The van der Waals surface area contributed by atoms with Gasteiger partial charge in [0.15, 0.2) is 0 Å².